The minimum atomic E-state index is 0.0631. The van der Waals surface area contributed by atoms with Crippen molar-refractivity contribution in [2.45, 2.75) is 13.0 Å². The molecule has 26 heavy (non-hydrogen) atoms. The summed E-state index contributed by atoms with van der Waals surface area (Å²) in [6, 6.07) is 14.0. The number of nitrogens with one attached hydrogen (secondary N) is 1. The van der Waals surface area contributed by atoms with Crippen LogP contribution in [-0.2, 0) is 0 Å². The highest BCUT2D eigenvalue weighted by atomic mass is 16.5. The van der Waals surface area contributed by atoms with Gasteiger partial charge in [0.1, 0.15) is 0 Å². The van der Waals surface area contributed by atoms with Gasteiger partial charge in [0.05, 0.1) is 26.8 Å². The molecular formula is C20H28N4O2. The predicted octanol–water partition coefficient (Wildman–Crippen LogP) is 3.04. The number of guanidine groups is 1. The summed E-state index contributed by atoms with van der Waals surface area (Å²) in [5, 5.41) is 3.12. The Kier molecular flexibility index (Phi) is 6.86. The molecule has 0 radical (unpaired) electrons. The largest absolute Gasteiger partial charge is 0.493 e. The first-order valence-electron chi connectivity index (χ1n) is 8.46. The molecule has 1 unspecified atom stereocenters. The van der Waals surface area contributed by atoms with E-state index < -0.39 is 0 Å². The molecule has 3 N–H and O–H groups in total. The highest BCUT2D eigenvalue weighted by Gasteiger charge is 2.16. The Morgan fingerprint density at radius 1 is 1.08 bits per heavy atom. The van der Waals surface area contributed by atoms with Crippen molar-refractivity contribution in [3.63, 3.8) is 0 Å². The third-order valence-electron chi connectivity index (χ3n) is 4.17. The second kappa shape index (κ2) is 9.10. The van der Waals surface area contributed by atoms with Gasteiger partial charge in [0.15, 0.2) is 17.5 Å². The molecule has 6 nitrogen and oxygen atoms in total. The quantitative estimate of drug-likeness (QED) is 0.589. The molecule has 0 aromatic heterocycles. The Hall–Kier alpha value is -2.73. The van der Waals surface area contributed by atoms with Gasteiger partial charge in [0.25, 0.3) is 0 Å². The molecule has 1 atom stereocenters. The molecule has 0 saturated carbocycles. The first-order chi connectivity index (χ1) is 12.4. The molecule has 0 aliphatic rings. The van der Waals surface area contributed by atoms with E-state index in [1.807, 2.05) is 63.5 Å². The van der Waals surface area contributed by atoms with E-state index >= 15 is 0 Å². The van der Waals surface area contributed by atoms with Gasteiger partial charge in [0.2, 0.25) is 0 Å². The van der Waals surface area contributed by atoms with Crippen LogP contribution in [0.15, 0.2) is 47.5 Å². The number of aryl methyl sites for hydroxylation is 1. The number of ether oxygens (including phenoxy) is 2. The first kappa shape index (κ1) is 19.6. The third-order valence-corrected chi connectivity index (χ3v) is 4.17. The monoisotopic (exact) mass is 356 g/mol. The van der Waals surface area contributed by atoms with Crippen LogP contribution in [0.3, 0.4) is 0 Å². The van der Waals surface area contributed by atoms with Gasteiger partial charge >= 0.3 is 0 Å². The molecule has 2 aromatic rings. The minimum Gasteiger partial charge on any atom is -0.493 e. The van der Waals surface area contributed by atoms with E-state index in [0.29, 0.717) is 24.0 Å². The number of rotatable bonds is 7. The summed E-state index contributed by atoms with van der Waals surface area (Å²) in [5.74, 6) is 1.80. The van der Waals surface area contributed by atoms with Crippen LogP contribution in [0.1, 0.15) is 17.2 Å². The first-order valence-corrected chi connectivity index (χ1v) is 8.46. The Morgan fingerprint density at radius 3 is 2.31 bits per heavy atom. The smallest absolute Gasteiger partial charge is 0.193 e. The van der Waals surface area contributed by atoms with E-state index in [4.69, 9.17) is 15.2 Å². The molecule has 0 saturated heterocycles. The van der Waals surface area contributed by atoms with Gasteiger partial charge in [-0.05, 0) is 50.8 Å². The number of hydrogen-bond acceptors (Lipinski definition) is 4. The average Bonchev–Trinajstić information content (AvgIpc) is 2.63. The lowest BCUT2D eigenvalue weighted by Crippen LogP contribution is -2.27. The number of likely N-dealkylation sites (N-methyl/N-ethyl adjacent to an activating group) is 1. The second-order valence-corrected chi connectivity index (χ2v) is 6.31. The zero-order chi connectivity index (χ0) is 19.1. The van der Waals surface area contributed by atoms with Crippen molar-refractivity contribution in [2.75, 3.05) is 40.2 Å². The number of benzene rings is 2. The lowest BCUT2D eigenvalue weighted by atomic mass is 10.1. The van der Waals surface area contributed by atoms with Gasteiger partial charge in [-0.2, -0.15) is 0 Å². The molecule has 6 heteroatoms. The summed E-state index contributed by atoms with van der Waals surface area (Å²) in [5.41, 5.74) is 9.25. The number of anilines is 1. The molecular weight excluding hydrogens is 328 g/mol. The van der Waals surface area contributed by atoms with Crippen LogP contribution >= 0.6 is 0 Å². The third kappa shape index (κ3) is 5.13. The number of nitrogens with two attached hydrogens (primary N) is 1. The van der Waals surface area contributed by atoms with Crippen molar-refractivity contribution in [3.05, 3.63) is 53.6 Å². The van der Waals surface area contributed by atoms with E-state index in [1.54, 1.807) is 14.2 Å². The number of aliphatic imine (C=N–C) groups is 1. The molecule has 0 heterocycles. The van der Waals surface area contributed by atoms with Gasteiger partial charge in [-0.25, -0.2) is 0 Å². The highest BCUT2D eigenvalue weighted by molar-refractivity contribution is 5.92. The molecule has 2 rings (SSSR count). The topological polar surface area (TPSA) is 72.1 Å². The van der Waals surface area contributed by atoms with Gasteiger partial charge in [0, 0.05) is 5.69 Å². The van der Waals surface area contributed by atoms with Crippen LogP contribution in [0.2, 0.25) is 0 Å². The van der Waals surface area contributed by atoms with E-state index in [2.05, 4.69) is 15.2 Å². The summed E-state index contributed by atoms with van der Waals surface area (Å²) in [6.45, 7) is 2.57. The Morgan fingerprint density at radius 2 is 1.73 bits per heavy atom. The average molecular weight is 356 g/mol. The highest BCUT2D eigenvalue weighted by Crippen LogP contribution is 2.31. The zero-order valence-corrected chi connectivity index (χ0v) is 16.1. The van der Waals surface area contributed by atoms with Crippen molar-refractivity contribution < 1.29 is 9.47 Å². The maximum absolute atomic E-state index is 6.05. The molecule has 140 valence electrons. The van der Waals surface area contributed by atoms with Crippen molar-refractivity contribution >= 4 is 11.6 Å². The molecule has 0 bridgehead atoms. The fourth-order valence-electron chi connectivity index (χ4n) is 2.64. The van der Waals surface area contributed by atoms with Crippen molar-refractivity contribution in [1.82, 2.24) is 4.90 Å². The minimum absolute atomic E-state index is 0.0631. The standard InChI is InChI=1S/C20H28N4O2/c1-14-6-9-16(10-7-14)23-20(21)22-13-17(24(2)3)15-8-11-18(25-4)19(12-15)26-5/h6-12,17H,13H2,1-5H3,(H3,21,22,23). The van der Waals surface area contributed by atoms with Crippen LogP contribution < -0.4 is 20.5 Å². The summed E-state index contributed by atoms with van der Waals surface area (Å²) < 4.78 is 10.7. The van der Waals surface area contributed by atoms with Crippen LogP contribution in [0.25, 0.3) is 0 Å². The summed E-state index contributed by atoms with van der Waals surface area (Å²) in [7, 11) is 7.29. The van der Waals surface area contributed by atoms with Crippen molar-refractivity contribution in [1.29, 1.82) is 0 Å². The number of methoxy groups -OCH3 is 2. The molecule has 0 amide bonds. The molecule has 0 spiro atoms. The fourth-order valence-corrected chi connectivity index (χ4v) is 2.64. The van der Waals surface area contributed by atoms with Crippen LogP contribution in [0.4, 0.5) is 5.69 Å². The van der Waals surface area contributed by atoms with Crippen molar-refractivity contribution in [2.24, 2.45) is 10.7 Å². The maximum atomic E-state index is 6.05. The Balaban J connectivity index is 2.13. The van der Waals surface area contributed by atoms with Gasteiger partial charge in [-0.15, -0.1) is 0 Å². The predicted molar refractivity (Wildman–Crippen MR) is 107 cm³/mol. The second-order valence-electron chi connectivity index (χ2n) is 6.31. The van der Waals surface area contributed by atoms with E-state index in [0.717, 1.165) is 11.3 Å². The van der Waals surface area contributed by atoms with Gasteiger partial charge in [-0.1, -0.05) is 23.8 Å². The van der Waals surface area contributed by atoms with Gasteiger partial charge < -0.3 is 25.4 Å². The lowest BCUT2D eigenvalue weighted by molar-refractivity contribution is 0.303. The SMILES string of the molecule is COc1ccc(C(CN=C(N)Nc2ccc(C)cc2)N(C)C)cc1OC. The molecule has 0 fully saturated rings. The number of nitrogens with zero attached hydrogens (tertiary/aromatic N) is 2. The van der Waals surface area contributed by atoms with Crippen LogP contribution in [0, 0.1) is 6.92 Å². The van der Waals surface area contributed by atoms with Gasteiger partial charge in [-0.3, -0.25) is 4.99 Å². The summed E-state index contributed by atoms with van der Waals surface area (Å²) in [6.07, 6.45) is 0. The van der Waals surface area contributed by atoms with Crippen LogP contribution in [0.5, 0.6) is 11.5 Å². The fraction of sp³-hybridized carbons (Fsp3) is 0.350. The Bertz CT molecular complexity index is 742. The van der Waals surface area contributed by atoms with Crippen molar-refractivity contribution in [3.8, 4) is 11.5 Å². The van der Waals surface area contributed by atoms with Crippen LogP contribution in [-0.4, -0.2) is 45.7 Å². The normalized spacial score (nSPS) is 12.8. The molecule has 0 aliphatic carbocycles. The lowest BCUT2D eigenvalue weighted by Gasteiger charge is -2.24. The summed E-state index contributed by atoms with van der Waals surface area (Å²) >= 11 is 0. The zero-order valence-electron chi connectivity index (χ0n) is 16.1. The molecule has 0 aliphatic heterocycles. The van der Waals surface area contributed by atoms with E-state index in [1.165, 1.54) is 5.56 Å². The number of hydrogen-bond donors (Lipinski definition) is 2. The maximum Gasteiger partial charge on any atom is 0.193 e. The van der Waals surface area contributed by atoms with E-state index in [9.17, 15) is 0 Å². The summed E-state index contributed by atoms with van der Waals surface area (Å²) in [4.78, 5) is 6.61. The Labute approximate surface area is 155 Å². The molecule has 2 aromatic carbocycles. The van der Waals surface area contributed by atoms with E-state index in [-0.39, 0.29) is 6.04 Å².